The Morgan fingerprint density at radius 3 is 2.63 bits per heavy atom. The minimum absolute atomic E-state index is 0.220. The van der Waals surface area contributed by atoms with Crippen LogP contribution < -0.4 is 5.32 Å². The molecule has 9 heteroatoms. The molecule has 2 aromatic carbocycles. The van der Waals surface area contributed by atoms with E-state index < -0.39 is 28.7 Å². The van der Waals surface area contributed by atoms with Gasteiger partial charge in [-0.1, -0.05) is 48.4 Å². The van der Waals surface area contributed by atoms with Gasteiger partial charge in [-0.05, 0) is 48.6 Å². The van der Waals surface area contributed by atoms with Crippen molar-refractivity contribution in [3.8, 4) is 11.1 Å². The van der Waals surface area contributed by atoms with E-state index in [1.165, 1.54) is 12.1 Å². The summed E-state index contributed by atoms with van der Waals surface area (Å²) in [6, 6.07) is 10.5. The van der Waals surface area contributed by atoms with Crippen LogP contribution in [0.15, 0.2) is 66.1 Å². The lowest BCUT2D eigenvalue weighted by Crippen LogP contribution is -2.39. The number of carbonyl (C=O) groups excluding carboxylic acids is 1. The molecule has 1 aromatic heterocycles. The van der Waals surface area contributed by atoms with Crippen molar-refractivity contribution in [2.75, 3.05) is 13.6 Å². The molecule has 3 aromatic rings. The number of H-pyrrole nitrogens is 1. The third-order valence-corrected chi connectivity index (χ3v) is 6.65. The van der Waals surface area contributed by atoms with E-state index in [9.17, 15) is 18.0 Å². The minimum atomic E-state index is -4.66. The van der Waals surface area contributed by atoms with Crippen LogP contribution in [0.5, 0.6) is 0 Å². The third-order valence-electron chi connectivity index (χ3n) is 6.24. The van der Waals surface area contributed by atoms with Crippen molar-refractivity contribution >= 4 is 17.5 Å². The maximum atomic E-state index is 13.4. The Balaban J connectivity index is 1.78. The second kappa shape index (κ2) is 9.77. The Labute approximate surface area is 207 Å². The van der Waals surface area contributed by atoms with Gasteiger partial charge in [0.1, 0.15) is 0 Å². The molecule has 2 N–H and O–H groups in total. The number of nitrogens with one attached hydrogen (secondary N) is 2. The maximum absolute atomic E-state index is 13.4. The summed E-state index contributed by atoms with van der Waals surface area (Å²) in [7, 11) is 1.96. The molecular weight excluding hydrogens is 477 g/mol. The van der Waals surface area contributed by atoms with Gasteiger partial charge in [-0.25, -0.2) is 0 Å². The second-order valence-electron chi connectivity index (χ2n) is 9.04. The SMILES string of the molecule is CC1=C(C(NC(=O)c2cccc(C(F)(F)F)c2Cl)c2cccc(-c3cn[nH]c3)c2)N(C)CC(C)C1. The molecule has 184 valence electrons. The quantitative estimate of drug-likeness (QED) is 0.420. The van der Waals surface area contributed by atoms with E-state index in [2.05, 4.69) is 27.3 Å². The maximum Gasteiger partial charge on any atom is 0.417 e. The normalized spacial score (nSPS) is 17.5. The molecular formula is C26H26ClF3N4O. The zero-order valence-corrected chi connectivity index (χ0v) is 20.3. The number of halogens is 4. The van der Waals surface area contributed by atoms with Crippen molar-refractivity contribution in [3.63, 3.8) is 0 Å². The van der Waals surface area contributed by atoms with Gasteiger partial charge in [0, 0.05) is 31.0 Å². The Hall–Kier alpha value is -3.26. The number of carbonyl (C=O) groups is 1. The fourth-order valence-electron chi connectivity index (χ4n) is 4.80. The Kier molecular flexibility index (Phi) is 6.94. The van der Waals surface area contributed by atoms with Crippen LogP contribution in [0, 0.1) is 5.92 Å². The van der Waals surface area contributed by atoms with Crippen LogP contribution in [0.1, 0.15) is 47.8 Å². The van der Waals surface area contributed by atoms with Gasteiger partial charge in [0.2, 0.25) is 0 Å². The molecule has 1 amide bonds. The number of aromatic nitrogens is 2. The van der Waals surface area contributed by atoms with Crippen molar-refractivity contribution in [1.82, 2.24) is 20.4 Å². The second-order valence-corrected chi connectivity index (χ2v) is 9.42. The van der Waals surface area contributed by atoms with Gasteiger partial charge in [0.25, 0.3) is 5.91 Å². The van der Waals surface area contributed by atoms with E-state index in [-0.39, 0.29) is 5.56 Å². The number of alkyl halides is 3. The van der Waals surface area contributed by atoms with Gasteiger partial charge in [-0.2, -0.15) is 18.3 Å². The topological polar surface area (TPSA) is 61.0 Å². The Morgan fingerprint density at radius 1 is 1.23 bits per heavy atom. The predicted molar refractivity (Wildman–Crippen MR) is 130 cm³/mol. The van der Waals surface area contributed by atoms with E-state index in [0.29, 0.717) is 5.92 Å². The van der Waals surface area contributed by atoms with Gasteiger partial charge >= 0.3 is 6.18 Å². The first-order valence-corrected chi connectivity index (χ1v) is 11.6. The summed E-state index contributed by atoms with van der Waals surface area (Å²) in [4.78, 5) is 15.4. The molecule has 0 fully saturated rings. The molecule has 2 unspecified atom stereocenters. The lowest BCUT2D eigenvalue weighted by Gasteiger charge is -2.38. The van der Waals surface area contributed by atoms with Crippen LogP contribution in [0.25, 0.3) is 11.1 Å². The number of rotatable bonds is 5. The first kappa shape index (κ1) is 24.9. The molecule has 1 aliphatic heterocycles. The molecule has 35 heavy (non-hydrogen) atoms. The van der Waals surface area contributed by atoms with Crippen molar-refractivity contribution < 1.29 is 18.0 Å². The molecule has 2 atom stereocenters. The number of hydrogen-bond acceptors (Lipinski definition) is 3. The number of nitrogens with zero attached hydrogens (tertiary/aromatic N) is 2. The standard InChI is InChI=1S/C26H26ClF3N4O/c1-15-10-16(2)24(34(3)14-15)23(18-7-4-6-17(11-18)19-12-31-32-13-19)33-25(35)20-8-5-9-21(22(20)27)26(28,29)30/h4-9,11-13,15,23H,10,14H2,1-3H3,(H,31,32)(H,33,35). The van der Waals surface area contributed by atoms with E-state index in [1.54, 1.807) is 12.4 Å². The van der Waals surface area contributed by atoms with Crippen molar-refractivity contribution in [1.29, 1.82) is 0 Å². The molecule has 2 heterocycles. The van der Waals surface area contributed by atoms with Crippen molar-refractivity contribution in [2.45, 2.75) is 32.5 Å². The lowest BCUT2D eigenvalue weighted by molar-refractivity contribution is -0.137. The average Bonchev–Trinajstić information content (AvgIpc) is 3.32. The Bertz CT molecular complexity index is 1250. The van der Waals surface area contributed by atoms with Gasteiger partial charge in [0.05, 0.1) is 28.4 Å². The Morgan fingerprint density at radius 2 is 1.97 bits per heavy atom. The number of amides is 1. The zero-order valence-electron chi connectivity index (χ0n) is 19.6. The number of hydrogen-bond donors (Lipinski definition) is 2. The summed E-state index contributed by atoms with van der Waals surface area (Å²) in [5.41, 5.74) is 3.36. The molecule has 0 spiro atoms. The van der Waals surface area contributed by atoms with Crippen LogP contribution in [0.2, 0.25) is 5.02 Å². The smallest absolute Gasteiger partial charge is 0.376 e. The molecule has 0 saturated heterocycles. The van der Waals surface area contributed by atoms with Crippen LogP contribution in [0.3, 0.4) is 0 Å². The zero-order chi connectivity index (χ0) is 25.3. The largest absolute Gasteiger partial charge is 0.417 e. The lowest BCUT2D eigenvalue weighted by atomic mass is 9.89. The summed E-state index contributed by atoms with van der Waals surface area (Å²) >= 11 is 6.06. The van der Waals surface area contributed by atoms with Crippen LogP contribution in [-0.2, 0) is 6.18 Å². The van der Waals surface area contributed by atoms with Crippen molar-refractivity contribution in [3.05, 3.63) is 87.8 Å². The first-order valence-electron chi connectivity index (χ1n) is 11.2. The van der Waals surface area contributed by atoms with Crippen LogP contribution >= 0.6 is 11.6 Å². The monoisotopic (exact) mass is 502 g/mol. The van der Waals surface area contributed by atoms with Crippen molar-refractivity contribution in [2.24, 2.45) is 5.92 Å². The van der Waals surface area contributed by atoms with E-state index >= 15 is 0 Å². The molecule has 1 aliphatic rings. The molecule has 4 rings (SSSR count). The predicted octanol–water partition coefficient (Wildman–Crippen LogP) is 6.47. The summed E-state index contributed by atoms with van der Waals surface area (Å²) in [6.45, 7) is 4.98. The highest BCUT2D eigenvalue weighted by atomic mass is 35.5. The third kappa shape index (κ3) is 5.22. The minimum Gasteiger partial charge on any atom is -0.376 e. The number of likely N-dealkylation sites (N-methyl/N-ethyl adjacent to an activating group) is 1. The fraction of sp³-hybridized carbons (Fsp3) is 0.308. The van der Waals surface area contributed by atoms with Crippen LogP contribution in [0.4, 0.5) is 13.2 Å². The number of benzene rings is 2. The summed E-state index contributed by atoms with van der Waals surface area (Å²) in [5.74, 6) is -0.234. The number of aromatic amines is 1. The van der Waals surface area contributed by atoms with Gasteiger partial charge < -0.3 is 10.2 Å². The molecule has 0 aliphatic carbocycles. The highest BCUT2D eigenvalue weighted by molar-refractivity contribution is 6.34. The van der Waals surface area contributed by atoms with E-state index in [0.717, 1.165) is 47.0 Å². The van der Waals surface area contributed by atoms with Gasteiger partial charge in [0.15, 0.2) is 0 Å². The fourth-order valence-corrected chi connectivity index (χ4v) is 5.12. The van der Waals surface area contributed by atoms with Gasteiger partial charge in [-0.15, -0.1) is 0 Å². The molecule has 0 saturated carbocycles. The summed E-state index contributed by atoms with van der Waals surface area (Å²) < 4.78 is 40.2. The average molecular weight is 503 g/mol. The molecule has 5 nitrogen and oxygen atoms in total. The highest BCUT2D eigenvalue weighted by Gasteiger charge is 2.35. The first-order chi connectivity index (χ1) is 16.6. The molecule has 0 bridgehead atoms. The highest BCUT2D eigenvalue weighted by Crippen LogP contribution is 2.38. The number of allylic oxidation sites excluding steroid dienone is 1. The van der Waals surface area contributed by atoms with E-state index in [4.69, 9.17) is 11.6 Å². The molecule has 0 radical (unpaired) electrons. The summed E-state index contributed by atoms with van der Waals surface area (Å²) in [6.07, 6.45) is -0.329. The van der Waals surface area contributed by atoms with Crippen LogP contribution in [-0.4, -0.2) is 34.6 Å². The van der Waals surface area contributed by atoms with E-state index in [1.807, 2.05) is 38.2 Å². The summed E-state index contributed by atoms with van der Waals surface area (Å²) in [5, 5.41) is 9.16. The van der Waals surface area contributed by atoms with Gasteiger partial charge in [-0.3, -0.25) is 9.89 Å².